The van der Waals surface area contributed by atoms with E-state index < -0.39 is 0 Å². The molecule has 0 saturated carbocycles. The minimum atomic E-state index is -0.108. The van der Waals surface area contributed by atoms with Gasteiger partial charge in [-0.15, -0.1) is 0 Å². The van der Waals surface area contributed by atoms with Crippen LogP contribution in [0.15, 0.2) is 24.3 Å². The standard InChI is InChI=1S/C16H21N3/c1-10-6-11(2)8-12(7-10)13-9-14(17)19-15(18-13)16(3,4)5/h6-9H,1-5H3,(H2,17,18,19). The first kappa shape index (κ1) is 13.5. The summed E-state index contributed by atoms with van der Waals surface area (Å²) in [6.45, 7) is 10.4. The molecule has 0 bridgehead atoms. The molecule has 0 aliphatic rings. The van der Waals surface area contributed by atoms with E-state index in [-0.39, 0.29) is 5.41 Å². The van der Waals surface area contributed by atoms with Crippen molar-refractivity contribution in [2.45, 2.75) is 40.0 Å². The predicted molar refractivity (Wildman–Crippen MR) is 80.1 cm³/mol. The number of aryl methyl sites for hydroxylation is 2. The number of anilines is 1. The van der Waals surface area contributed by atoms with Gasteiger partial charge in [-0.25, -0.2) is 9.97 Å². The lowest BCUT2D eigenvalue weighted by atomic mass is 9.95. The fourth-order valence-electron chi connectivity index (χ4n) is 2.07. The summed E-state index contributed by atoms with van der Waals surface area (Å²) in [6, 6.07) is 8.24. The number of hydrogen-bond acceptors (Lipinski definition) is 3. The second-order valence-electron chi connectivity index (χ2n) is 6.13. The third-order valence-electron chi connectivity index (χ3n) is 2.93. The molecule has 3 nitrogen and oxygen atoms in total. The monoisotopic (exact) mass is 255 g/mol. The highest BCUT2D eigenvalue weighted by Gasteiger charge is 2.19. The molecule has 0 radical (unpaired) electrons. The first-order chi connectivity index (χ1) is 8.75. The molecule has 100 valence electrons. The fourth-order valence-corrected chi connectivity index (χ4v) is 2.07. The van der Waals surface area contributed by atoms with Gasteiger partial charge < -0.3 is 5.73 Å². The van der Waals surface area contributed by atoms with Crippen molar-refractivity contribution >= 4 is 5.82 Å². The van der Waals surface area contributed by atoms with E-state index in [1.807, 2.05) is 6.07 Å². The van der Waals surface area contributed by atoms with Gasteiger partial charge >= 0.3 is 0 Å². The van der Waals surface area contributed by atoms with Crippen LogP contribution in [0.3, 0.4) is 0 Å². The zero-order chi connectivity index (χ0) is 14.2. The summed E-state index contributed by atoms with van der Waals surface area (Å²) in [5, 5.41) is 0. The predicted octanol–water partition coefficient (Wildman–Crippen LogP) is 3.64. The van der Waals surface area contributed by atoms with Crippen LogP contribution in [0, 0.1) is 13.8 Å². The molecule has 1 aromatic carbocycles. The van der Waals surface area contributed by atoms with Crippen LogP contribution < -0.4 is 5.73 Å². The molecule has 3 heteroatoms. The normalized spacial score (nSPS) is 11.6. The topological polar surface area (TPSA) is 51.8 Å². The summed E-state index contributed by atoms with van der Waals surface area (Å²) in [5.74, 6) is 1.30. The van der Waals surface area contributed by atoms with Gasteiger partial charge in [-0.1, -0.05) is 38.0 Å². The van der Waals surface area contributed by atoms with Crippen molar-refractivity contribution < 1.29 is 0 Å². The Balaban J connectivity index is 2.59. The maximum absolute atomic E-state index is 5.92. The highest BCUT2D eigenvalue weighted by Crippen LogP contribution is 2.25. The molecule has 2 N–H and O–H groups in total. The lowest BCUT2D eigenvalue weighted by Gasteiger charge is -2.18. The first-order valence-corrected chi connectivity index (χ1v) is 6.49. The van der Waals surface area contributed by atoms with Gasteiger partial charge in [0.25, 0.3) is 0 Å². The number of hydrogen-bond donors (Lipinski definition) is 1. The summed E-state index contributed by atoms with van der Waals surface area (Å²) in [7, 11) is 0. The number of benzene rings is 1. The Kier molecular flexibility index (Phi) is 3.31. The summed E-state index contributed by atoms with van der Waals surface area (Å²) < 4.78 is 0. The summed E-state index contributed by atoms with van der Waals surface area (Å²) in [4.78, 5) is 9.01. The number of nitrogens with two attached hydrogens (primary N) is 1. The minimum absolute atomic E-state index is 0.108. The molecule has 2 aromatic rings. The summed E-state index contributed by atoms with van der Waals surface area (Å²) in [6.07, 6.45) is 0. The van der Waals surface area contributed by atoms with Crippen LogP contribution in [-0.2, 0) is 5.41 Å². The van der Waals surface area contributed by atoms with E-state index in [4.69, 9.17) is 5.73 Å². The summed E-state index contributed by atoms with van der Waals surface area (Å²) >= 11 is 0. The van der Waals surface area contributed by atoms with E-state index in [0.29, 0.717) is 5.82 Å². The summed E-state index contributed by atoms with van der Waals surface area (Å²) in [5.41, 5.74) is 10.3. The molecule has 1 heterocycles. The van der Waals surface area contributed by atoms with E-state index in [0.717, 1.165) is 17.1 Å². The van der Waals surface area contributed by atoms with Gasteiger partial charge in [-0.3, -0.25) is 0 Å². The van der Waals surface area contributed by atoms with Gasteiger partial charge in [0.15, 0.2) is 0 Å². The van der Waals surface area contributed by atoms with E-state index >= 15 is 0 Å². The smallest absolute Gasteiger partial charge is 0.136 e. The van der Waals surface area contributed by atoms with Crippen LogP contribution >= 0.6 is 0 Å². The maximum atomic E-state index is 5.92. The van der Waals surface area contributed by atoms with Gasteiger partial charge in [-0.05, 0) is 26.0 Å². The third-order valence-corrected chi connectivity index (χ3v) is 2.93. The van der Waals surface area contributed by atoms with Crippen LogP contribution in [0.5, 0.6) is 0 Å². The van der Waals surface area contributed by atoms with Gasteiger partial charge in [0.2, 0.25) is 0 Å². The lowest BCUT2D eigenvalue weighted by Crippen LogP contribution is -2.17. The van der Waals surface area contributed by atoms with Gasteiger partial charge in [-0.2, -0.15) is 0 Å². The van der Waals surface area contributed by atoms with Crippen molar-refractivity contribution in [1.29, 1.82) is 0 Å². The molecule has 19 heavy (non-hydrogen) atoms. The van der Waals surface area contributed by atoms with E-state index in [9.17, 15) is 0 Å². The SMILES string of the molecule is Cc1cc(C)cc(-c2cc(N)nc(C(C)(C)C)n2)c1. The molecule has 0 amide bonds. The second kappa shape index (κ2) is 4.65. The van der Waals surface area contributed by atoms with Gasteiger partial charge in [0.05, 0.1) is 5.69 Å². The molecule has 0 spiro atoms. The van der Waals surface area contributed by atoms with Crippen molar-refractivity contribution in [3.63, 3.8) is 0 Å². The third kappa shape index (κ3) is 3.11. The fraction of sp³-hybridized carbons (Fsp3) is 0.375. The highest BCUT2D eigenvalue weighted by atomic mass is 15.0. The number of rotatable bonds is 1. The molecule has 0 fully saturated rings. The Morgan fingerprint density at radius 2 is 1.47 bits per heavy atom. The number of nitrogen functional groups attached to an aromatic ring is 1. The van der Waals surface area contributed by atoms with Crippen LogP contribution in [0.25, 0.3) is 11.3 Å². The van der Waals surface area contributed by atoms with Gasteiger partial charge in [0.1, 0.15) is 11.6 Å². The molecule has 0 unspecified atom stereocenters. The Bertz CT molecular complexity index is 590. The lowest BCUT2D eigenvalue weighted by molar-refractivity contribution is 0.547. The maximum Gasteiger partial charge on any atom is 0.136 e. The van der Waals surface area contributed by atoms with Crippen molar-refractivity contribution in [3.05, 3.63) is 41.2 Å². The molecular formula is C16H21N3. The molecule has 0 aliphatic carbocycles. The average molecular weight is 255 g/mol. The molecule has 2 rings (SSSR count). The van der Waals surface area contributed by atoms with Crippen molar-refractivity contribution in [1.82, 2.24) is 9.97 Å². The van der Waals surface area contributed by atoms with E-state index in [2.05, 4.69) is 62.8 Å². The Labute approximate surface area is 114 Å². The van der Waals surface area contributed by atoms with Crippen LogP contribution in [-0.4, -0.2) is 9.97 Å². The average Bonchev–Trinajstić information content (AvgIpc) is 2.25. The molecule has 0 saturated heterocycles. The van der Waals surface area contributed by atoms with Crippen molar-refractivity contribution in [3.8, 4) is 11.3 Å². The van der Waals surface area contributed by atoms with Crippen molar-refractivity contribution in [2.75, 3.05) is 5.73 Å². The van der Waals surface area contributed by atoms with Crippen LogP contribution in [0.1, 0.15) is 37.7 Å². The Hall–Kier alpha value is -1.90. The van der Waals surface area contributed by atoms with Crippen molar-refractivity contribution in [2.24, 2.45) is 0 Å². The minimum Gasteiger partial charge on any atom is -0.384 e. The Morgan fingerprint density at radius 3 is 2.00 bits per heavy atom. The van der Waals surface area contributed by atoms with Gasteiger partial charge in [0, 0.05) is 17.0 Å². The Morgan fingerprint density at radius 1 is 0.895 bits per heavy atom. The zero-order valence-electron chi connectivity index (χ0n) is 12.3. The quantitative estimate of drug-likeness (QED) is 0.846. The molecule has 1 aromatic heterocycles. The van der Waals surface area contributed by atoms with Crippen LogP contribution in [0.4, 0.5) is 5.82 Å². The largest absolute Gasteiger partial charge is 0.384 e. The number of nitrogens with zero attached hydrogens (tertiary/aromatic N) is 2. The van der Waals surface area contributed by atoms with E-state index in [1.165, 1.54) is 11.1 Å². The number of aromatic nitrogens is 2. The highest BCUT2D eigenvalue weighted by molar-refractivity contribution is 5.63. The molecule has 0 aliphatic heterocycles. The van der Waals surface area contributed by atoms with E-state index in [1.54, 1.807) is 0 Å². The molecular weight excluding hydrogens is 234 g/mol. The van der Waals surface area contributed by atoms with Crippen LogP contribution in [0.2, 0.25) is 0 Å². The molecule has 0 atom stereocenters. The zero-order valence-corrected chi connectivity index (χ0v) is 12.3. The first-order valence-electron chi connectivity index (χ1n) is 6.49. The second-order valence-corrected chi connectivity index (χ2v) is 6.13.